The Hall–Kier alpha value is -1.65. The van der Waals surface area contributed by atoms with Crippen molar-refractivity contribution in [1.29, 1.82) is 0 Å². The van der Waals surface area contributed by atoms with Gasteiger partial charge in [0.2, 0.25) is 0 Å². The third-order valence-electron chi connectivity index (χ3n) is 3.15. The first-order valence-electron chi connectivity index (χ1n) is 5.57. The molecule has 0 amide bonds. The molecule has 0 aliphatic carbocycles. The SMILES string of the molecule is O/N=C\N1CCC(c2ccc(F)cc2F)CC1. The first-order valence-corrected chi connectivity index (χ1v) is 5.57. The van der Waals surface area contributed by atoms with Crippen LogP contribution < -0.4 is 0 Å². The van der Waals surface area contributed by atoms with Crippen LogP contribution in [0.15, 0.2) is 23.4 Å². The summed E-state index contributed by atoms with van der Waals surface area (Å²) in [5.41, 5.74) is 0.576. The van der Waals surface area contributed by atoms with Gasteiger partial charge in [0, 0.05) is 19.2 Å². The Morgan fingerprint density at radius 2 is 2.00 bits per heavy atom. The van der Waals surface area contributed by atoms with Crippen LogP contribution in [-0.2, 0) is 0 Å². The predicted octanol–water partition coefficient (Wildman–Crippen LogP) is 2.56. The zero-order chi connectivity index (χ0) is 12.3. The molecule has 0 aromatic heterocycles. The van der Waals surface area contributed by atoms with Gasteiger partial charge in [-0.25, -0.2) is 8.78 Å². The lowest BCUT2D eigenvalue weighted by Gasteiger charge is -2.30. The number of likely N-dealkylation sites (tertiary alicyclic amines) is 1. The molecule has 0 spiro atoms. The van der Waals surface area contributed by atoms with E-state index in [-0.39, 0.29) is 5.92 Å². The van der Waals surface area contributed by atoms with Crippen molar-refractivity contribution in [3.63, 3.8) is 0 Å². The zero-order valence-corrected chi connectivity index (χ0v) is 9.31. The van der Waals surface area contributed by atoms with Gasteiger partial charge in [0.1, 0.15) is 18.0 Å². The maximum absolute atomic E-state index is 13.6. The Balaban J connectivity index is 2.05. The van der Waals surface area contributed by atoms with Gasteiger partial charge in [-0.1, -0.05) is 11.2 Å². The summed E-state index contributed by atoms with van der Waals surface area (Å²) in [6, 6.07) is 3.74. The quantitative estimate of drug-likeness (QED) is 0.373. The smallest absolute Gasteiger partial charge is 0.130 e. The highest BCUT2D eigenvalue weighted by Gasteiger charge is 2.21. The largest absolute Gasteiger partial charge is 0.410 e. The van der Waals surface area contributed by atoms with Gasteiger partial charge in [-0.05, 0) is 30.4 Å². The molecule has 2 rings (SSSR count). The molecular weight excluding hydrogens is 226 g/mol. The number of oxime groups is 1. The van der Waals surface area contributed by atoms with E-state index in [1.54, 1.807) is 0 Å². The molecule has 1 aromatic rings. The van der Waals surface area contributed by atoms with E-state index in [0.29, 0.717) is 18.7 Å². The van der Waals surface area contributed by atoms with Crippen LogP contribution in [0.5, 0.6) is 0 Å². The van der Waals surface area contributed by atoms with Crippen LogP contribution in [0.25, 0.3) is 0 Å². The summed E-state index contributed by atoms with van der Waals surface area (Å²) >= 11 is 0. The average molecular weight is 240 g/mol. The molecule has 92 valence electrons. The first-order chi connectivity index (χ1) is 8.20. The van der Waals surface area contributed by atoms with Crippen LogP contribution in [0.1, 0.15) is 24.3 Å². The molecule has 1 N–H and O–H groups in total. The molecule has 0 unspecified atom stereocenters. The lowest BCUT2D eigenvalue weighted by molar-refractivity contribution is 0.281. The second-order valence-corrected chi connectivity index (χ2v) is 4.21. The monoisotopic (exact) mass is 240 g/mol. The molecule has 0 saturated carbocycles. The highest BCUT2D eigenvalue weighted by Crippen LogP contribution is 2.29. The van der Waals surface area contributed by atoms with Crippen molar-refractivity contribution in [3.05, 3.63) is 35.4 Å². The van der Waals surface area contributed by atoms with Crippen molar-refractivity contribution in [2.75, 3.05) is 13.1 Å². The number of hydrogen-bond donors (Lipinski definition) is 1. The molecule has 0 bridgehead atoms. The molecule has 5 heteroatoms. The Bertz CT molecular complexity index is 415. The predicted molar refractivity (Wildman–Crippen MR) is 60.2 cm³/mol. The summed E-state index contributed by atoms with van der Waals surface area (Å²) in [6.45, 7) is 1.43. The van der Waals surface area contributed by atoms with E-state index < -0.39 is 11.6 Å². The fourth-order valence-corrected chi connectivity index (χ4v) is 2.23. The molecule has 1 aromatic carbocycles. The molecule has 1 heterocycles. The van der Waals surface area contributed by atoms with Crippen LogP contribution in [0.2, 0.25) is 0 Å². The van der Waals surface area contributed by atoms with Crippen LogP contribution in [-0.4, -0.2) is 29.5 Å². The minimum Gasteiger partial charge on any atom is -0.410 e. The van der Waals surface area contributed by atoms with Crippen LogP contribution in [0.3, 0.4) is 0 Å². The lowest BCUT2D eigenvalue weighted by Crippen LogP contribution is -2.32. The fourth-order valence-electron chi connectivity index (χ4n) is 2.23. The molecule has 1 aliphatic heterocycles. The molecule has 17 heavy (non-hydrogen) atoms. The van der Waals surface area contributed by atoms with E-state index in [2.05, 4.69) is 5.16 Å². The van der Waals surface area contributed by atoms with Crippen LogP contribution in [0.4, 0.5) is 8.78 Å². The van der Waals surface area contributed by atoms with Gasteiger partial charge in [0.05, 0.1) is 0 Å². The second kappa shape index (κ2) is 5.12. The summed E-state index contributed by atoms with van der Waals surface area (Å²) in [4.78, 5) is 1.87. The highest BCUT2D eigenvalue weighted by molar-refractivity contribution is 5.54. The van der Waals surface area contributed by atoms with E-state index in [9.17, 15) is 8.78 Å². The van der Waals surface area contributed by atoms with Gasteiger partial charge in [-0.2, -0.15) is 0 Å². The third kappa shape index (κ3) is 2.72. The van der Waals surface area contributed by atoms with Gasteiger partial charge in [0.25, 0.3) is 0 Å². The summed E-state index contributed by atoms with van der Waals surface area (Å²) in [7, 11) is 0. The van der Waals surface area contributed by atoms with Crippen molar-refractivity contribution in [1.82, 2.24) is 4.90 Å². The molecule has 3 nitrogen and oxygen atoms in total. The number of nitrogens with zero attached hydrogens (tertiary/aromatic N) is 2. The van der Waals surface area contributed by atoms with E-state index in [1.165, 1.54) is 18.5 Å². The fraction of sp³-hybridized carbons (Fsp3) is 0.417. The number of benzene rings is 1. The van der Waals surface area contributed by atoms with Gasteiger partial charge in [-0.15, -0.1) is 0 Å². The van der Waals surface area contributed by atoms with Crippen molar-refractivity contribution < 1.29 is 14.0 Å². The third-order valence-corrected chi connectivity index (χ3v) is 3.15. The van der Waals surface area contributed by atoms with Gasteiger partial charge in [0.15, 0.2) is 0 Å². The number of piperidine rings is 1. The number of rotatable bonds is 2. The van der Waals surface area contributed by atoms with Crippen molar-refractivity contribution in [2.24, 2.45) is 5.16 Å². The van der Waals surface area contributed by atoms with Gasteiger partial charge < -0.3 is 10.1 Å². The van der Waals surface area contributed by atoms with Gasteiger partial charge >= 0.3 is 0 Å². The number of hydrogen-bond acceptors (Lipinski definition) is 2. The summed E-state index contributed by atoms with van der Waals surface area (Å²) in [6.07, 6.45) is 2.92. The molecule has 0 atom stereocenters. The Labute approximate surface area is 98.3 Å². The lowest BCUT2D eigenvalue weighted by atomic mass is 9.89. The molecule has 1 saturated heterocycles. The standard InChI is InChI=1S/C12H14F2N2O/c13-10-1-2-11(12(14)7-10)9-3-5-16(6-4-9)8-15-17/h1-2,7-9,17H,3-6H2/b15-8-. The molecule has 1 aliphatic rings. The summed E-state index contributed by atoms with van der Waals surface area (Å²) in [5, 5.41) is 11.4. The van der Waals surface area contributed by atoms with E-state index in [0.717, 1.165) is 18.9 Å². The highest BCUT2D eigenvalue weighted by atomic mass is 19.1. The van der Waals surface area contributed by atoms with Crippen molar-refractivity contribution >= 4 is 6.34 Å². The first kappa shape index (κ1) is 11.8. The Morgan fingerprint density at radius 3 is 2.59 bits per heavy atom. The van der Waals surface area contributed by atoms with E-state index >= 15 is 0 Å². The van der Waals surface area contributed by atoms with E-state index in [4.69, 9.17) is 5.21 Å². The zero-order valence-electron chi connectivity index (χ0n) is 9.31. The molecule has 0 radical (unpaired) electrons. The topological polar surface area (TPSA) is 35.8 Å². The van der Waals surface area contributed by atoms with Crippen LogP contribution in [0, 0.1) is 11.6 Å². The van der Waals surface area contributed by atoms with Crippen molar-refractivity contribution in [3.8, 4) is 0 Å². The van der Waals surface area contributed by atoms with Crippen LogP contribution >= 0.6 is 0 Å². The Morgan fingerprint density at radius 1 is 1.29 bits per heavy atom. The van der Waals surface area contributed by atoms with Crippen molar-refractivity contribution in [2.45, 2.75) is 18.8 Å². The van der Waals surface area contributed by atoms with E-state index in [1.807, 2.05) is 4.90 Å². The normalized spacial score (nSPS) is 17.9. The maximum atomic E-state index is 13.6. The average Bonchev–Trinajstić information content (AvgIpc) is 2.31. The summed E-state index contributed by atoms with van der Waals surface area (Å²) < 4.78 is 26.3. The summed E-state index contributed by atoms with van der Waals surface area (Å²) in [5.74, 6) is -0.908. The Kier molecular flexibility index (Phi) is 3.56. The maximum Gasteiger partial charge on any atom is 0.130 e. The minimum absolute atomic E-state index is 0.110. The minimum atomic E-state index is -0.545. The number of halogens is 2. The van der Waals surface area contributed by atoms with Gasteiger partial charge in [-0.3, -0.25) is 0 Å². The molecular formula is C12H14F2N2O. The molecule has 1 fully saturated rings. The second-order valence-electron chi connectivity index (χ2n) is 4.21.